The van der Waals surface area contributed by atoms with Crippen molar-refractivity contribution in [1.82, 2.24) is 14.9 Å². The third kappa shape index (κ3) is 4.82. The Hall–Kier alpha value is -2.83. The first-order valence-corrected chi connectivity index (χ1v) is 8.16. The van der Waals surface area contributed by atoms with Crippen LogP contribution < -0.4 is 5.32 Å². The van der Waals surface area contributed by atoms with Gasteiger partial charge in [-0.25, -0.2) is 14.6 Å². The lowest BCUT2D eigenvalue weighted by atomic mass is 10.1. The number of imidazole rings is 1. The van der Waals surface area contributed by atoms with Gasteiger partial charge in [-0.2, -0.15) is 0 Å². The molecular weight excluding hydrogens is 322 g/mol. The minimum Gasteiger partial charge on any atom is -0.480 e. The van der Waals surface area contributed by atoms with Crippen LogP contribution in [-0.4, -0.2) is 32.8 Å². The van der Waals surface area contributed by atoms with Crippen LogP contribution in [0.15, 0.2) is 36.5 Å². The number of nitrogens with one attached hydrogen (secondary N) is 1. The first kappa shape index (κ1) is 18.5. The van der Waals surface area contributed by atoms with Gasteiger partial charge in [0.05, 0.1) is 11.7 Å². The molecule has 0 saturated carbocycles. The second kappa shape index (κ2) is 8.32. The van der Waals surface area contributed by atoms with Crippen molar-refractivity contribution in [3.8, 4) is 0 Å². The van der Waals surface area contributed by atoms with Crippen molar-refractivity contribution in [2.24, 2.45) is 0 Å². The fraction of sp³-hybridized carbons (Fsp3) is 0.389. The summed E-state index contributed by atoms with van der Waals surface area (Å²) in [6, 6.07) is 7.57. The number of carbonyl (C=O) groups is 2. The van der Waals surface area contributed by atoms with Crippen molar-refractivity contribution in [1.29, 1.82) is 0 Å². The molecule has 0 aliphatic carbocycles. The molecule has 2 unspecified atom stereocenters. The number of aromatic nitrogens is 2. The average Bonchev–Trinajstić information content (AvgIpc) is 2.99. The van der Waals surface area contributed by atoms with Crippen LogP contribution in [0.2, 0.25) is 0 Å². The molecule has 1 aromatic heterocycles. The Morgan fingerprint density at radius 3 is 2.60 bits per heavy atom. The summed E-state index contributed by atoms with van der Waals surface area (Å²) in [7, 11) is 0. The molecule has 0 radical (unpaired) electrons. The van der Waals surface area contributed by atoms with Gasteiger partial charge in [-0.3, -0.25) is 0 Å². The molecule has 0 aliphatic heterocycles. The van der Waals surface area contributed by atoms with Crippen molar-refractivity contribution in [2.45, 2.75) is 45.9 Å². The Morgan fingerprint density at radius 2 is 2.00 bits per heavy atom. The highest BCUT2D eigenvalue weighted by Crippen LogP contribution is 2.17. The van der Waals surface area contributed by atoms with E-state index in [4.69, 9.17) is 4.74 Å². The number of hydrogen-bond acceptors (Lipinski definition) is 4. The van der Waals surface area contributed by atoms with E-state index in [1.54, 1.807) is 17.7 Å². The number of ether oxygens (including phenoxy) is 1. The molecule has 0 fully saturated rings. The van der Waals surface area contributed by atoms with Gasteiger partial charge in [0.25, 0.3) is 0 Å². The summed E-state index contributed by atoms with van der Waals surface area (Å²) in [5.74, 6) is -0.353. The minimum absolute atomic E-state index is 0.0811. The summed E-state index contributed by atoms with van der Waals surface area (Å²) in [6.07, 6.45) is 1.69. The molecule has 1 aromatic carbocycles. The molecule has 1 heterocycles. The van der Waals surface area contributed by atoms with Gasteiger partial charge in [0.2, 0.25) is 0 Å². The van der Waals surface area contributed by atoms with Gasteiger partial charge in [-0.05, 0) is 19.4 Å². The predicted octanol–water partition coefficient (Wildman–Crippen LogP) is 2.69. The molecule has 1 amide bonds. The molecule has 0 spiro atoms. The maximum atomic E-state index is 12.0. The maximum Gasteiger partial charge on any atom is 0.408 e. The number of aryl methyl sites for hydroxylation is 2. The first-order valence-electron chi connectivity index (χ1n) is 8.16. The van der Waals surface area contributed by atoms with Crippen LogP contribution in [0.5, 0.6) is 0 Å². The van der Waals surface area contributed by atoms with E-state index in [2.05, 4.69) is 10.3 Å². The van der Waals surface area contributed by atoms with Gasteiger partial charge in [0, 0.05) is 12.6 Å². The zero-order chi connectivity index (χ0) is 18.4. The van der Waals surface area contributed by atoms with Gasteiger partial charge in [0.1, 0.15) is 18.5 Å². The Bertz CT molecular complexity index is 727. The number of benzene rings is 1. The highest BCUT2D eigenvalue weighted by Gasteiger charge is 2.29. The molecule has 7 heteroatoms. The molecular formula is C18H23N3O4. The molecule has 25 heavy (non-hydrogen) atoms. The number of aliphatic carboxylic acids is 1. The average molecular weight is 345 g/mol. The number of amides is 1. The van der Waals surface area contributed by atoms with Gasteiger partial charge >= 0.3 is 12.1 Å². The van der Waals surface area contributed by atoms with E-state index >= 15 is 0 Å². The molecule has 2 atom stereocenters. The first-order chi connectivity index (χ1) is 11.9. The van der Waals surface area contributed by atoms with Gasteiger partial charge in [-0.15, -0.1) is 0 Å². The number of nitrogens with zero attached hydrogens (tertiary/aromatic N) is 2. The lowest BCUT2D eigenvalue weighted by Crippen LogP contribution is -2.46. The van der Waals surface area contributed by atoms with E-state index in [1.807, 2.05) is 44.2 Å². The Kier molecular flexibility index (Phi) is 6.16. The largest absolute Gasteiger partial charge is 0.480 e. The smallest absolute Gasteiger partial charge is 0.408 e. The molecule has 2 aromatic rings. The third-order valence-electron chi connectivity index (χ3n) is 3.92. The molecule has 0 bridgehead atoms. The zero-order valence-corrected chi connectivity index (χ0v) is 14.6. The van der Waals surface area contributed by atoms with Crippen molar-refractivity contribution < 1.29 is 19.4 Å². The van der Waals surface area contributed by atoms with Crippen LogP contribution in [0, 0.1) is 6.92 Å². The summed E-state index contributed by atoms with van der Waals surface area (Å²) in [4.78, 5) is 28.0. The van der Waals surface area contributed by atoms with Crippen molar-refractivity contribution >= 4 is 12.1 Å². The van der Waals surface area contributed by atoms with Crippen molar-refractivity contribution in [3.63, 3.8) is 0 Å². The van der Waals surface area contributed by atoms with E-state index in [0.29, 0.717) is 6.42 Å². The number of carboxylic acids is 1. The molecule has 2 N–H and O–H groups in total. The number of rotatable bonds is 7. The van der Waals surface area contributed by atoms with E-state index < -0.39 is 24.1 Å². The fourth-order valence-electron chi connectivity index (χ4n) is 2.62. The summed E-state index contributed by atoms with van der Waals surface area (Å²) >= 11 is 0. The molecule has 134 valence electrons. The molecule has 2 rings (SSSR count). The lowest BCUT2D eigenvalue weighted by Gasteiger charge is -2.23. The van der Waals surface area contributed by atoms with E-state index in [9.17, 15) is 14.7 Å². The van der Waals surface area contributed by atoms with E-state index in [1.165, 1.54) is 0 Å². The Morgan fingerprint density at radius 1 is 1.32 bits per heavy atom. The number of alkyl carbamates (subject to hydrolysis) is 1. The minimum atomic E-state index is -1.13. The van der Waals surface area contributed by atoms with Crippen LogP contribution in [0.4, 0.5) is 4.79 Å². The highest BCUT2D eigenvalue weighted by molar-refractivity contribution is 5.80. The van der Waals surface area contributed by atoms with Crippen LogP contribution in [0.1, 0.15) is 37.0 Å². The zero-order valence-electron chi connectivity index (χ0n) is 14.6. The summed E-state index contributed by atoms with van der Waals surface area (Å²) in [5, 5.41) is 11.9. The Balaban J connectivity index is 2.04. The lowest BCUT2D eigenvalue weighted by molar-refractivity contribution is -0.140. The van der Waals surface area contributed by atoms with Gasteiger partial charge in [0.15, 0.2) is 0 Å². The standard InChI is InChI=1S/C18H23N3O4/c1-4-15-19-12(2)10-21(15)13(3)16(17(22)23)20-18(24)25-11-14-8-6-5-7-9-14/h5-10,13,16H,4,11H2,1-3H3,(H,20,24)(H,22,23). The predicted molar refractivity (Wildman–Crippen MR) is 92.2 cm³/mol. The molecule has 0 aliphatic rings. The van der Waals surface area contributed by atoms with Crippen LogP contribution >= 0.6 is 0 Å². The van der Waals surface area contributed by atoms with Crippen molar-refractivity contribution in [2.75, 3.05) is 0 Å². The monoisotopic (exact) mass is 345 g/mol. The summed E-state index contributed by atoms with van der Waals surface area (Å²) in [5.41, 5.74) is 1.63. The second-order valence-electron chi connectivity index (χ2n) is 5.82. The maximum absolute atomic E-state index is 12.0. The SMILES string of the molecule is CCc1nc(C)cn1C(C)C(NC(=O)OCc1ccccc1)C(=O)O. The Labute approximate surface area is 146 Å². The van der Waals surface area contributed by atoms with Gasteiger partial charge in [-0.1, -0.05) is 37.3 Å². The normalized spacial score (nSPS) is 13.1. The number of carboxylic acid groups (broad SMARTS) is 1. The van der Waals surface area contributed by atoms with E-state index in [0.717, 1.165) is 17.1 Å². The summed E-state index contributed by atoms with van der Waals surface area (Å²) < 4.78 is 6.90. The van der Waals surface area contributed by atoms with E-state index in [-0.39, 0.29) is 6.61 Å². The van der Waals surface area contributed by atoms with Gasteiger partial charge < -0.3 is 19.7 Å². The molecule has 7 nitrogen and oxygen atoms in total. The second-order valence-corrected chi connectivity index (χ2v) is 5.82. The van der Waals surface area contributed by atoms with Crippen LogP contribution in [0.3, 0.4) is 0 Å². The molecule has 0 saturated heterocycles. The van der Waals surface area contributed by atoms with Crippen LogP contribution in [-0.2, 0) is 22.6 Å². The fourth-order valence-corrected chi connectivity index (χ4v) is 2.62. The number of carbonyl (C=O) groups excluding carboxylic acids is 1. The summed E-state index contributed by atoms with van der Waals surface area (Å²) in [6.45, 7) is 5.61. The topological polar surface area (TPSA) is 93.5 Å². The number of hydrogen-bond donors (Lipinski definition) is 2. The third-order valence-corrected chi connectivity index (χ3v) is 3.92. The highest BCUT2D eigenvalue weighted by atomic mass is 16.5. The van der Waals surface area contributed by atoms with Crippen molar-refractivity contribution in [3.05, 3.63) is 53.6 Å². The quantitative estimate of drug-likeness (QED) is 0.805. The van der Waals surface area contributed by atoms with Crippen LogP contribution in [0.25, 0.3) is 0 Å².